The first-order valence-electron chi connectivity index (χ1n) is 12.4. The predicted molar refractivity (Wildman–Crippen MR) is 133 cm³/mol. The smallest absolute Gasteiger partial charge is 0.407 e. The van der Waals surface area contributed by atoms with Crippen molar-refractivity contribution in [2.45, 2.75) is 57.9 Å². The summed E-state index contributed by atoms with van der Waals surface area (Å²) < 4.78 is 5.57. The van der Waals surface area contributed by atoms with E-state index in [1.54, 1.807) is 13.8 Å². The van der Waals surface area contributed by atoms with Crippen LogP contribution in [-0.4, -0.2) is 42.3 Å². The van der Waals surface area contributed by atoms with Crippen molar-refractivity contribution in [1.82, 2.24) is 10.6 Å². The van der Waals surface area contributed by atoms with Crippen molar-refractivity contribution >= 4 is 18.0 Å². The number of fused-ring (bicyclic) bond motifs is 3. The normalized spacial score (nSPS) is 19.7. The third-order valence-corrected chi connectivity index (χ3v) is 7.28. The van der Waals surface area contributed by atoms with Crippen LogP contribution in [0.15, 0.2) is 48.5 Å². The molecule has 2 unspecified atom stereocenters. The lowest BCUT2D eigenvalue weighted by Gasteiger charge is -2.29. The minimum atomic E-state index is -0.916. The first-order valence-corrected chi connectivity index (χ1v) is 12.4. The molecule has 2 aliphatic carbocycles. The number of rotatable bonds is 7. The highest BCUT2D eigenvalue weighted by Gasteiger charge is 2.35. The predicted octanol–water partition coefficient (Wildman–Crippen LogP) is 4.70. The van der Waals surface area contributed by atoms with Gasteiger partial charge in [-0.05, 0) is 48.9 Å². The van der Waals surface area contributed by atoms with E-state index in [9.17, 15) is 19.5 Å². The second kappa shape index (κ2) is 10.5. The van der Waals surface area contributed by atoms with E-state index in [2.05, 4.69) is 34.9 Å². The summed E-state index contributed by atoms with van der Waals surface area (Å²) in [6.07, 6.45) is 3.37. The minimum absolute atomic E-state index is 0.0346. The Hall–Kier alpha value is -3.35. The molecule has 35 heavy (non-hydrogen) atoms. The Morgan fingerprint density at radius 2 is 1.54 bits per heavy atom. The molecule has 186 valence electrons. The molecule has 0 radical (unpaired) electrons. The van der Waals surface area contributed by atoms with Gasteiger partial charge in [-0.3, -0.25) is 9.59 Å². The Balaban J connectivity index is 1.32. The molecule has 0 spiro atoms. The maximum absolute atomic E-state index is 13.0. The van der Waals surface area contributed by atoms with Crippen molar-refractivity contribution in [3.05, 3.63) is 59.7 Å². The fraction of sp³-hybridized carbons (Fsp3) is 0.464. The molecule has 0 bridgehead atoms. The van der Waals surface area contributed by atoms with Crippen LogP contribution in [-0.2, 0) is 14.3 Å². The summed E-state index contributed by atoms with van der Waals surface area (Å²) in [5, 5.41) is 15.2. The Labute approximate surface area is 206 Å². The highest BCUT2D eigenvalue weighted by molar-refractivity contribution is 5.84. The summed E-state index contributed by atoms with van der Waals surface area (Å²) in [5.74, 6) is -1.75. The van der Waals surface area contributed by atoms with Crippen LogP contribution in [0.4, 0.5) is 4.79 Å². The van der Waals surface area contributed by atoms with Crippen molar-refractivity contribution < 1.29 is 24.2 Å². The summed E-state index contributed by atoms with van der Waals surface area (Å²) in [6.45, 7) is 3.76. The molecular weight excluding hydrogens is 444 g/mol. The van der Waals surface area contributed by atoms with E-state index >= 15 is 0 Å². The zero-order valence-electron chi connectivity index (χ0n) is 20.4. The molecular formula is C28H34N2O5. The van der Waals surface area contributed by atoms with Gasteiger partial charge in [0.25, 0.3) is 0 Å². The number of alkyl carbamates (subject to hydrolysis) is 1. The van der Waals surface area contributed by atoms with E-state index in [4.69, 9.17) is 4.74 Å². The number of hydrogen-bond donors (Lipinski definition) is 3. The van der Waals surface area contributed by atoms with Crippen LogP contribution in [0.2, 0.25) is 0 Å². The number of amides is 2. The maximum Gasteiger partial charge on any atom is 0.407 e. The van der Waals surface area contributed by atoms with Gasteiger partial charge in [-0.1, -0.05) is 67.8 Å². The van der Waals surface area contributed by atoms with E-state index in [0.717, 1.165) is 41.5 Å². The average molecular weight is 479 g/mol. The molecule has 2 amide bonds. The van der Waals surface area contributed by atoms with E-state index in [-0.39, 0.29) is 25.0 Å². The maximum atomic E-state index is 13.0. The van der Waals surface area contributed by atoms with Crippen LogP contribution in [0.3, 0.4) is 0 Å². The molecule has 3 N–H and O–H groups in total. The molecule has 4 rings (SSSR count). The summed E-state index contributed by atoms with van der Waals surface area (Å²) >= 11 is 0. The first kappa shape index (κ1) is 24.8. The summed E-state index contributed by atoms with van der Waals surface area (Å²) in [5.41, 5.74) is 3.68. The lowest BCUT2D eigenvalue weighted by molar-refractivity contribution is -0.143. The fourth-order valence-corrected chi connectivity index (χ4v) is 5.16. The zero-order chi connectivity index (χ0) is 25.0. The third-order valence-electron chi connectivity index (χ3n) is 7.28. The number of carbonyl (C=O) groups is 3. The number of carboxylic acid groups (broad SMARTS) is 1. The van der Waals surface area contributed by atoms with Gasteiger partial charge in [-0.2, -0.15) is 0 Å². The standard InChI is InChI=1S/C28H34N2O5/c1-28(2,26(33)30-24-15-5-3-4-14-22(24)25(31)32)17-29-27(34)35-16-23-20-12-8-6-10-18(20)19-11-7-9-13-21(19)23/h6-13,22-24H,3-5,14-17H2,1-2H3,(H,29,34)(H,30,33)(H,31,32). The molecule has 1 saturated carbocycles. The second-order valence-electron chi connectivity index (χ2n) is 10.2. The molecule has 7 nitrogen and oxygen atoms in total. The highest BCUT2D eigenvalue weighted by atomic mass is 16.5. The summed E-state index contributed by atoms with van der Waals surface area (Å²) in [7, 11) is 0. The van der Waals surface area contributed by atoms with Gasteiger partial charge in [0.1, 0.15) is 6.61 Å². The minimum Gasteiger partial charge on any atom is -0.481 e. The Morgan fingerprint density at radius 3 is 2.17 bits per heavy atom. The lowest BCUT2D eigenvalue weighted by Crippen LogP contribution is -2.51. The van der Waals surface area contributed by atoms with Crippen molar-refractivity contribution in [3.63, 3.8) is 0 Å². The number of hydrogen-bond acceptors (Lipinski definition) is 4. The third kappa shape index (κ3) is 5.50. The van der Waals surface area contributed by atoms with Gasteiger partial charge < -0.3 is 20.5 Å². The molecule has 0 aliphatic heterocycles. The average Bonchev–Trinajstić information content (AvgIpc) is 2.97. The van der Waals surface area contributed by atoms with E-state index in [1.165, 1.54) is 0 Å². The van der Waals surface area contributed by atoms with Crippen molar-refractivity contribution in [3.8, 4) is 11.1 Å². The molecule has 2 atom stereocenters. The molecule has 1 fully saturated rings. The van der Waals surface area contributed by atoms with Gasteiger partial charge in [-0.15, -0.1) is 0 Å². The fourth-order valence-electron chi connectivity index (χ4n) is 5.16. The number of benzene rings is 2. The van der Waals surface area contributed by atoms with E-state index < -0.39 is 29.4 Å². The molecule has 0 heterocycles. The van der Waals surface area contributed by atoms with Gasteiger partial charge in [0, 0.05) is 18.5 Å². The SMILES string of the molecule is CC(C)(CNC(=O)OCC1c2ccccc2-c2ccccc21)C(=O)NC1CCCCCC1C(=O)O. The highest BCUT2D eigenvalue weighted by Crippen LogP contribution is 2.44. The van der Waals surface area contributed by atoms with Gasteiger partial charge >= 0.3 is 12.1 Å². The first-order chi connectivity index (χ1) is 16.8. The molecule has 0 saturated heterocycles. The van der Waals surface area contributed by atoms with Gasteiger partial charge in [0.2, 0.25) is 5.91 Å². The lowest BCUT2D eigenvalue weighted by atomic mass is 9.89. The van der Waals surface area contributed by atoms with Crippen LogP contribution in [0.25, 0.3) is 11.1 Å². The van der Waals surface area contributed by atoms with Crippen LogP contribution in [0.1, 0.15) is 63.0 Å². The van der Waals surface area contributed by atoms with Crippen molar-refractivity contribution in [2.75, 3.05) is 13.2 Å². The van der Waals surface area contributed by atoms with Crippen LogP contribution in [0, 0.1) is 11.3 Å². The molecule has 7 heteroatoms. The Bertz CT molecular complexity index is 1050. The van der Waals surface area contributed by atoms with Crippen LogP contribution >= 0.6 is 0 Å². The molecule has 2 aromatic rings. The van der Waals surface area contributed by atoms with Crippen LogP contribution < -0.4 is 10.6 Å². The van der Waals surface area contributed by atoms with Gasteiger partial charge in [-0.25, -0.2) is 4.79 Å². The number of carboxylic acids is 1. The van der Waals surface area contributed by atoms with Crippen molar-refractivity contribution in [1.29, 1.82) is 0 Å². The number of aliphatic carboxylic acids is 1. The second-order valence-corrected chi connectivity index (χ2v) is 10.2. The molecule has 0 aromatic heterocycles. The van der Waals surface area contributed by atoms with Gasteiger partial charge in [0.05, 0.1) is 11.3 Å². The number of ether oxygens (including phenoxy) is 1. The zero-order valence-corrected chi connectivity index (χ0v) is 20.4. The monoisotopic (exact) mass is 478 g/mol. The Morgan fingerprint density at radius 1 is 0.943 bits per heavy atom. The van der Waals surface area contributed by atoms with E-state index in [1.807, 2.05) is 24.3 Å². The Kier molecular flexibility index (Phi) is 7.43. The summed E-state index contributed by atoms with van der Waals surface area (Å²) in [4.78, 5) is 37.2. The van der Waals surface area contributed by atoms with Crippen molar-refractivity contribution in [2.24, 2.45) is 11.3 Å². The van der Waals surface area contributed by atoms with Crippen LogP contribution in [0.5, 0.6) is 0 Å². The number of nitrogens with one attached hydrogen (secondary N) is 2. The molecule has 2 aromatic carbocycles. The topological polar surface area (TPSA) is 105 Å². The van der Waals surface area contributed by atoms with E-state index in [0.29, 0.717) is 12.8 Å². The molecule has 2 aliphatic rings. The quantitative estimate of drug-likeness (QED) is 0.500. The largest absolute Gasteiger partial charge is 0.481 e. The summed E-state index contributed by atoms with van der Waals surface area (Å²) in [6, 6.07) is 15.9. The number of carbonyl (C=O) groups excluding carboxylic acids is 2. The van der Waals surface area contributed by atoms with Gasteiger partial charge in [0.15, 0.2) is 0 Å².